The Kier molecular flexibility index (Phi) is 4.60. The lowest BCUT2D eigenvalue weighted by Gasteiger charge is -2.06. The molecule has 0 fully saturated rings. The molecule has 0 amide bonds. The van der Waals surface area contributed by atoms with Crippen LogP contribution in [0.3, 0.4) is 0 Å². The van der Waals surface area contributed by atoms with Gasteiger partial charge in [0.2, 0.25) is 0 Å². The van der Waals surface area contributed by atoms with Gasteiger partial charge in [0.15, 0.2) is 0 Å². The van der Waals surface area contributed by atoms with Crippen molar-refractivity contribution >= 4 is 11.3 Å². The summed E-state index contributed by atoms with van der Waals surface area (Å²) in [5.74, 6) is 0.174. The Bertz CT molecular complexity index is 459. The van der Waals surface area contributed by atoms with Gasteiger partial charge >= 0.3 is 6.61 Å². The first kappa shape index (κ1) is 12.9. The lowest BCUT2D eigenvalue weighted by atomic mass is 10.2. The van der Waals surface area contributed by atoms with Crippen molar-refractivity contribution in [2.24, 2.45) is 0 Å². The topological polar surface area (TPSA) is 34.1 Å². The minimum absolute atomic E-state index is 0.174. The van der Waals surface area contributed by atoms with Gasteiger partial charge in [0.05, 0.1) is 11.2 Å². The fraction of sp³-hybridized carbons (Fsp3) is 0.250. The van der Waals surface area contributed by atoms with E-state index < -0.39 is 6.61 Å². The largest absolute Gasteiger partial charge is 0.435 e. The molecule has 18 heavy (non-hydrogen) atoms. The zero-order chi connectivity index (χ0) is 12.8. The molecule has 3 nitrogen and oxygen atoms in total. The molecule has 0 saturated heterocycles. The third kappa shape index (κ3) is 4.05. The van der Waals surface area contributed by atoms with Crippen molar-refractivity contribution in [1.82, 2.24) is 10.3 Å². The first-order valence-corrected chi connectivity index (χ1v) is 6.30. The Morgan fingerprint density at radius 1 is 1.22 bits per heavy atom. The highest BCUT2D eigenvalue weighted by Gasteiger charge is 2.03. The van der Waals surface area contributed by atoms with Crippen molar-refractivity contribution in [3.8, 4) is 5.75 Å². The molecular formula is C12H12F2N2OS. The van der Waals surface area contributed by atoms with E-state index in [2.05, 4.69) is 15.0 Å². The van der Waals surface area contributed by atoms with Gasteiger partial charge in [-0.3, -0.25) is 0 Å². The van der Waals surface area contributed by atoms with Gasteiger partial charge < -0.3 is 10.1 Å². The average molecular weight is 270 g/mol. The maximum atomic E-state index is 11.9. The second kappa shape index (κ2) is 6.42. The molecular weight excluding hydrogens is 258 g/mol. The fourth-order valence-electron chi connectivity index (χ4n) is 1.45. The Balaban J connectivity index is 1.79. The minimum atomic E-state index is -2.78. The van der Waals surface area contributed by atoms with Crippen molar-refractivity contribution in [1.29, 1.82) is 0 Å². The fourth-order valence-corrected chi connectivity index (χ4v) is 2.01. The van der Waals surface area contributed by atoms with Crippen LogP contribution in [0.25, 0.3) is 0 Å². The molecule has 0 atom stereocenters. The Labute approximate surface area is 107 Å². The summed E-state index contributed by atoms with van der Waals surface area (Å²) in [6, 6.07) is 6.58. The van der Waals surface area contributed by atoms with E-state index in [1.165, 1.54) is 12.1 Å². The quantitative estimate of drug-likeness (QED) is 0.876. The molecule has 0 aliphatic rings. The molecule has 2 aromatic rings. The number of ether oxygens (including phenoxy) is 1. The van der Waals surface area contributed by atoms with Crippen LogP contribution in [0.1, 0.15) is 11.3 Å². The lowest BCUT2D eigenvalue weighted by molar-refractivity contribution is -0.0498. The summed E-state index contributed by atoms with van der Waals surface area (Å²) in [7, 11) is 0. The van der Waals surface area contributed by atoms with Crippen LogP contribution >= 0.6 is 11.3 Å². The van der Waals surface area contributed by atoms with E-state index in [4.69, 9.17) is 0 Å². The van der Waals surface area contributed by atoms with Gasteiger partial charge in [-0.25, -0.2) is 4.98 Å². The number of benzene rings is 1. The summed E-state index contributed by atoms with van der Waals surface area (Å²) in [6.45, 7) is -1.43. The monoisotopic (exact) mass is 270 g/mol. The maximum Gasteiger partial charge on any atom is 0.387 e. The Morgan fingerprint density at radius 2 is 2.00 bits per heavy atom. The predicted molar refractivity (Wildman–Crippen MR) is 65.7 cm³/mol. The second-order valence-corrected chi connectivity index (χ2v) is 4.32. The van der Waals surface area contributed by atoms with Gasteiger partial charge in [-0.15, -0.1) is 11.3 Å². The van der Waals surface area contributed by atoms with Crippen LogP contribution < -0.4 is 10.1 Å². The molecule has 0 saturated carbocycles. The van der Waals surface area contributed by atoms with Crippen LogP contribution in [0.4, 0.5) is 8.78 Å². The highest BCUT2D eigenvalue weighted by atomic mass is 32.1. The molecule has 2 rings (SSSR count). The minimum Gasteiger partial charge on any atom is -0.435 e. The van der Waals surface area contributed by atoms with Crippen molar-refractivity contribution in [2.45, 2.75) is 19.7 Å². The van der Waals surface area contributed by atoms with Crippen LogP contribution in [-0.2, 0) is 13.1 Å². The molecule has 0 unspecified atom stereocenters. The highest BCUT2D eigenvalue weighted by molar-refractivity contribution is 7.07. The summed E-state index contributed by atoms with van der Waals surface area (Å²) < 4.78 is 28.2. The zero-order valence-electron chi connectivity index (χ0n) is 9.48. The molecule has 1 aromatic heterocycles. The van der Waals surface area contributed by atoms with E-state index in [1.807, 2.05) is 5.38 Å². The maximum absolute atomic E-state index is 11.9. The summed E-state index contributed by atoms with van der Waals surface area (Å²) in [4.78, 5) is 4.15. The second-order valence-electron chi connectivity index (χ2n) is 3.61. The number of rotatable bonds is 6. The Morgan fingerprint density at radius 3 is 2.61 bits per heavy atom. The van der Waals surface area contributed by atoms with Crippen LogP contribution in [0.15, 0.2) is 35.2 Å². The number of aromatic nitrogens is 1. The summed E-state index contributed by atoms with van der Waals surface area (Å²) in [6.07, 6.45) is 0. The smallest absolute Gasteiger partial charge is 0.387 e. The average Bonchev–Trinajstić information content (AvgIpc) is 2.84. The SMILES string of the molecule is FC(F)Oc1ccc(CNCc2cscn2)cc1. The van der Waals surface area contributed by atoms with E-state index in [1.54, 1.807) is 29.0 Å². The number of alkyl halides is 2. The zero-order valence-corrected chi connectivity index (χ0v) is 10.3. The number of hydrogen-bond acceptors (Lipinski definition) is 4. The molecule has 1 aromatic carbocycles. The third-order valence-electron chi connectivity index (χ3n) is 2.27. The molecule has 0 aliphatic heterocycles. The van der Waals surface area contributed by atoms with Crippen molar-refractivity contribution in [3.63, 3.8) is 0 Å². The summed E-state index contributed by atoms with van der Waals surface area (Å²) in [5.41, 5.74) is 3.79. The molecule has 0 bridgehead atoms. The van der Waals surface area contributed by atoms with Gasteiger partial charge in [0, 0.05) is 18.5 Å². The summed E-state index contributed by atoms with van der Waals surface area (Å²) in [5, 5.41) is 5.20. The number of halogens is 2. The van der Waals surface area contributed by atoms with E-state index in [0.29, 0.717) is 13.1 Å². The molecule has 96 valence electrons. The lowest BCUT2D eigenvalue weighted by Crippen LogP contribution is -2.12. The number of thiazole rings is 1. The Hall–Kier alpha value is -1.53. The van der Waals surface area contributed by atoms with E-state index in [0.717, 1.165) is 11.3 Å². The van der Waals surface area contributed by atoms with Gasteiger partial charge in [-0.2, -0.15) is 8.78 Å². The van der Waals surface area contributed by atoms with Gasteiger partial charge in [0.1, 0.15) is 5.75 Å². The molecule has 1 N–H and O–H groups in total. The number of nitrogens with one attached hydrogen (secondary N) is 1. The van der Waals surface area contributed by atoms with Crippen LogP contribution in [0.5, 0.6) is 5.75 Å². The highest BCUT2D eigenvalue weighted by Crippen LogP contribution is 2.14. The first-order chi connectivity index (χ1) is 8.74. The summed E-state index contributed by atoms with van der Waals surface area (Å²) >= 11 is 1.55. The molecule has 0 radical (unpaired) electrons. The van der Waals surface area contributed by atoms with Crippen LogP contribution in [0.2, 0.25) is 0 Å². The van der Waals surface area contributed by atoms with E-state index in [-0.39, 0.29) is 5.75 Å². The van der Waals surface area contributed by atoms with Gasteiger partial charge in [-0.1, -0.05) is 12.1 Å². The van der Waals surface area contributed by atoms with Crippen LogP contribution in [-0.4, -0.2) is 11.6 Å². The predicted octanol–water partition coefficient (Wildman–Crippen LogP) is 3.03. The normalized spacial score (nSPS) is 10.8. The first-order valence-electron chi connectivity index (χ1n) is 5.35. The number of nitrogens with zero attached hydrogens (tertiary/aromatic N) is 1. The molecule has 0 aliphatic carbocycles. The van der Waals surface area contributed by atoms with Gasteiger partial charge in [0.25, 0.3) is 0 Å². The van der Waals surface area contributed by atoms with Gasteiger partial charge in [-0.05, 0) is 17.7 Å². The van der Waals surface area contributed by atoms with Crippen molar-refractivity contribution in [3.05, 3.63) is 46.4 Å². The van der Waals surface area contributed by atoms with Crippen molar-refractivity contribution in [2.75, 3.05) is 0 Å². The van der Waals surface area contributed by atoms with E-state index >= 15 is 0 Å². The van der Waals surface area contributed by atoms with Crippen LogP contribution in [0, 0.1) is 0 Å². The standard InChI is InChI=1S/C12H12F2N2OS/c13-12(14)17-11-3-1-9(2-4-11)5-15-6-10-7-18-8-16-10/h1-4,7-8,12,15H,5-6H2. The molecule has 0 spiro atoms. The number of hydrogen-bond donors (Lipinski definition) is 1. The third-order valence-corrected chi connectivity index (χ3v) is 2.90. The molecule has 1 heterocycles. The van der Waals surface area contributed by atoms with E-state index in [9.17, 15) is 8.78 Å². The molecule has 6 heteroatoms. The van der Waals surface area contributed by atoms with Crippen molar-refractivity contribution < 1.29 is 13.5 Å².